The van der Waals surface area contributed by atoms with E-state index in [2.05, 4.69) is 5.32 Å². The van der Waals surface area contributed by atoms with Crippen LogP contribution in [0.4, 0.5) is 5.69 Å². The first-order chi connectivity index (χ1) is 9.72. The molecule has 1 fully saturated rings. The molecule has 0 amide bonds. The van der Waals surface area contributed by atoms with Crippen molar-refractivity contribution in [3.8, 4) is 0 Å². The number of ether oxygens (including phenoxy) is 1. The van der Waals surface area contributed by atoms with E-state index >= 15 is 0 Å². The minimum absolute atomic E-state index is 0.0258. The topological polar surface area (TPSA) is 58.6 Å². The van der Waals surface area contributed by atoms with Crippen molar-refractivity contribution in [1.82, 2.24) is 0 Å². The molecule has 1 saturated carbocycles. The van der Waals surface area contributed by atoms with Crippen molar-refractivity contribution in [2.45, 2.75) is 45.3 Å². The number of carbonyl (C=O) groups is 1. The van der Waals surface area contributed by atoms with Gasteiger partial charge in [0.2, 0.25) is 0 Å². The van der Waals surface area contributed by atoms with Crippen LogP contribution in [0.25, 0.3) is 0 Å². The van der Waals surface area contributed by atoms with Gasteiger partial charge in [-0.1, -0.05) is 18.6 Å². The lowest BCUT2D eigenvalue weighted by Gasteiger charge is -2.29. The summed E-state index contributed by atoms with van der Waals surface area (Å²) in [5.41, 5.74) is 1.94. The summed E-state index contributed by atoms with van der Waals surface area (Å²) in [4.78, 5) is 11.8. The number of carbonyl (C=O) groups excluding carboxylic acids is 1. The summed E-state index contributed by atoms with van der Waals surface area (Å²) in [6, 6.07) is 8.08. The van der Waals surface area contributed by atoms with Crippen molar-refractivity contribution < 1.29 is 14.6 Å². The number of hydrogen-bond acceptors (Lipinski definition) is 4. The van der Waals surface area contributed by atoms with Crippen LogP contribution in [-0.4, -0.2) is 23.7 Å². The van der Waals surface area contributed by atoms with E-state index in [0.717, 1.165) is 36.9 Å². The van der Waals surface area contributed by atoms with Crippen LogP contribution >= 0.6 is 0 Å². The Morgan fingerprint density at radius 1 is 1.35 bits per heavy atom. The maximum atomic E-state index is 11.8. The Kier molecular flexibility index (Phi) is 5.41. The Balaban J connectivity index is 1.90. The van der Waals surface area contributed by atoms with Gasteiger partial charge in [0.1, 0.15) is 0 Å². The maximum Gasteiger partial charge on any atom is 0.308 e. The number of rotatable bonds is 5. The quantitative estimate of drug-likeness (QED) is 0.812. The predicted molar refractivity (Wildman–Crippen MR) is 78.4 cm³/mol. The summed E-state index contributed by atoms with van der Waals surface area (Å²) in [6.45, 7) is 2.36. The fourth-order valence-electron chi connectivity index (χ4n) is 2.74. The van der Waals surface area contributed by atoms with Crippen LogP contribution in [0.1, 0.15) is 38.2 Å². The normalized spacial score (nSPS) is 22.3. The Morgan fingerprint density at radius 2 is 2.10 bits per heavy atom. The van der Waals surface area contributed by atoms with Gasteiger partial charge in [0.25, 0.3) is 0 Å². The molecule has 0 heterocycles. The molecule has 0 radical (unpaired) electrons. The molecule has 0 saturated heterocycles. The molecule has 20 heavy (non-hydrogen) atoms. The van der Waals surface area contributed by atoms with E-state index in [4.69, 9.17) is 9.84 Å². The zero-order chi connectivity index (χ0) is 14.4. The van der Waals surface area contributed by atoms with Crippen molar-refractivity contribution in [3.63, 3.8) is 0 Å². The van der Waals surface area contributed by atoms with Gasteiger partial charge in [-0.05, 0) is 43.9 Å². The molecule has 0 spiro atoms. The number of benzene rings is 1. The Hall–Kier alpha value is -1.55. The molecule has 1 aliphatic rings. The fraction of sp³-hybridized carbons (Fsp3) is 0.562. The molecule has 0 bridgehead atoms. The molecule has 110 valence electrons. The molecule has 0 aromatic heterocycles. The monoisotopic (exact) mass is 277 g/mol. The number of anilines is 1. The molecule has 4 heteroatoms. The second-order valence-electron chi connectivity index (χ2n) is 5.31. The van der Waals surface area contributed by atoms with Gasteiger partial charge in [-0.2, -0.15) is 0 Å². The summed E-state index contributed by atoms with van der Waals surface area (Å²) < 4.78 is 5.12. The third-order valence-electron chi connectivity index (χ3n) is 3.80. The standard InChI is InChI=1S/C16H23NO3/c1-2-20-16(19)13-4-3-5-15(10-13)17-14-8-6-12(11-18)7-9-14/h6-9,13,15,17-18H,2-5,10-11H2,1H3. The third-order valence-corrected chi connectivity index (χ3v) is 3.80. The van der Waals surface area contributed by atoms with Crippen LogP contribution in [0, 0.1) is 5.92 Å². The van der Waals surface area contributed by atoms with Crippen LogP contribution < -0.4 is 5.32 Å². The van der Waals surface area contributed by atoms with Crippen molar-refractivity contribution in [2.24, 2.45) is 5.92 Å². The van der Waals surface area contributed by atoms with Crippen LogP contribution in [0.15, 0.2) is 24.3 Å². The Bertz CT molecular complexity index is 430. The lowest BCUT2D eigenvalue weighted by Crippen LogP contribution is -2.32. The van der Waals surface area contributed by atoms with E-state index in [1.54, 1.807) is 0 Å². The van der Waals surface area contributed by atoms with E-state index in [-0.39, 0.29) is 18.5 Å². The van der Waals surface area contributed by atoms with Crippen molar-refractivity contribution in [3.05, 3.63) is 29.8 Å². The molecule has 1 aromatic rings. The molecular formula is C16H23NO3. The second kappa shape index (κ2) is 7.29. The lowest BCUT2D eigenvalue weighted by atomic mass is 9.85. The van der Waals surface area contributed by atoms with Crippen molar-refractivity contribution in [1.29, 1.82) is 0 Å². The van der Waals surface area contributed by atoms with Gasteiger partial charge in [0.05, 0.1) is 19.1 Å². The van der Waals surface area contributed by atoms with Crippen molar-refractivity contribution >= 4 is 11.7 Å². The van der Waals surface area contributed by atoms with E-state index in [1.165, 1.54) is 0 Å². The van der Waals surface area contributed by atoms with Gasteiger partial charge in [-0.15, -0.1) is 0 Å². The number of esters is 1. The summed E-state index contributed by atoms with van der Waals surface area (Å²) in [5, 5.41) is 12.5. The summed E-state index contributed by atoms with van der Waals surface area (Å²) >= 11 is 0. The summed E-state index contributed by atoms with van der Waals surface area (Å²) in [5.74, 6) is -0.0347. The first kappa shape index (κ1) is 14.9. The largest absolute Gasteiger partial charge is 0.466 e. The third kappa shape index (κ3) is 3.97. The van der Waals surface area contributed by atoms with E-state index in [9.17, 15) is 4.79 Å². The predicted octanol–water partition coefficient (Wildman–Crippen LogP) is 2.71. The number of aliphatic hydroxyl groups is 1. The first-order valence-corrected chi connectivity index (χ1v) is 7.36. The molecule has 4 nitrogen and oxygen atoms in total. The molecule has 2 atom stereocenters. The van der Waals surface area contributed by atoms with E-state index in [1.807, 2.05) is 31.2 Å². The SMILES string of the molecule is CCOC(=O)C1CCCC(Nc2ccc(CO)cc2)C1. The van der Waals surface area contributed by atoms with Crippen LogP contribution in [-0.2, 0) is 16.1 Å². The van der Waals surface area contributed by atoms with E-state index < -0.39 is 0 Å². The zero-order valence-electron chi connectivity index (χ0n) is 12.0. The summed E-state index contributed by atoms with van der Waals surface area (Å²) in [7, 11) is 0. The van der Waals surface area contributed by atoms with Crippen LogP contribution in [0.5, 0.6) is 0 Å². The number of hydrogen-bond donors (Lipinski definition) is 2. The fourth-order valence-corrected chi connectivity index (χ4v) is 2.74. The number of nitrogens with one attached hydrogen (secondary N) is 1. The second-order valence-corrected chi connectivity index (χ2v) is 5.31. The molecule has 0 aliphatic heterocycles. The summed E-state index contributed by atoms with van der Waals surface area (Å²) in [6.07, 6.45) is 3.90. The van der Waals surface area contributed by atoms with Gasteiger partial charge >= 0.3 is 5.97 Å². The molecule has 2 N–H and O–H groups in total. The smallest absolute Gasteiger partial charge is 0.308 e. The molecule has 2 unspecified atom stereocenters. The van der Waals surface area contributed by atoms with Gasteiger partial charge in [0.15, 0.2) is 0 Å². The van der Waals surface area contributed by atoms with Gasteiger partial charge in [-0.25, -0.2) is 0 Å². The first-order valence-electron chi connectivity index (χ1n) is 7.36. The average molecular weight is 277 g/mol. The maximum absolute atomic E-state index is 11.8. The highest BCUT2D eigenvalue weighted by Gasteiger charge is 2.28. The highest BCUT2D eigenvalue weighted by molar-refractivity contribution is 5.72. The number of aliphatic hydroxyl groups excluding tert-OH is 1. The molecule has 1 aromatic carbocycles. The molecule has 1 aliphatic carbocycles. The highest BCUT2D eigenvalue weighted by atomic mass is 16.5. The van der Waals surface area contributed by atoms with Crippen LogP contribution in [0.3, 0.4) is 0 Å². The van der Waals surface area contributed by atoms with Gasteiger partial charge in [-0.3, -0.25) is 4.79 Å². The Morgan fingerprint density at radius 3 is 2.75 bits per heavy atom. The average Bonchev–Trinajstić information content (AvgIpc) is 2.48. The Labute approximate surface area is 120 Å². The minimum Gasteiger partial charge on any atom is -0.466 e. The molecule has 2 rings (SSSR count). The van der Waals surface area contributed by atoms with Gasteiger partial charge in [0, 0.05) is 11.7 Å². The van der Waals surface area contributed by atoms with Crippen LogP contribution in [0.2, 0.25) is 0 Å². The highest BCUT2D eigenvalue weighted by Crippen LogP contribution is 2.27. The molecular weight excluding hydrogens is 254 g/mol. The minimum atomic E-state index is -0.0605. The van der Waals surface area contributed by atoms with Gasteiger partial charge < -0.3 is 15.2 Å². The lowest BCUT2D eigenvalue weighted by molar-refractivity contribution is -0.149. The zero-order valence-corrected chi connectivity index (χ0v) is 12.0. The van der Waals surface area contributed by atoms with Crippen molar-refractivity contribution in [2.75, 3.05) is 11.9 Å². The van der Waals surface area contributed by atoms with E-state index in [0.29, 0.717) is 12.6 Å².